The molecule has 1 rings (SSSR count). The van der Waals surface area contributed by atoms with Crippen LogP contribution in [0.3, 0.4) is 0 Å². The summed E-state index contributed by atoms with van der Waals surface area (Å²) in [6.07, 6.45) is 1.49. The first-order valence-corrected chi connectivity index (χ1v) is 7.87. The van der Waals surface area contributed by atoms with E-state index in [0.717, 1.165) is 10.7 Å². The molecule has 20 heavy (non-hydrogen) atoms. The van der Waals surface area contributed by atoms with Crippen LogP contribution in [0.2, 0.25) is 0 Å². The average Bonchev–Trinajstić information content (AvgIpc) is 2.37. The minimum Gasteiger partial charge on any atom is -0.399 e. The van der Waals surface area contributed by atoms with Gasteiger partial charge < -0.3 is 11.5 Å². The minimum absolute atomic E-state index is 0.126. The normalized spacial score (nSPS) is 11.8. The molecule has 0 unspecified atom stereocenters. The van der Waals surface area contributed by atoms with E-state index in [2.05, 4.69) is 0 Å². The number of nitrogens with two attached hydrogens (primary N) is 2. The van der Waals surface area contributed by atoms with Crippen molar-refractivity contribution in [3.8, 4) is 0 Å². The van der Waals surface area contributed by atoms with Crippen LogP contribution in [0.1, 0.15) is 25.3 Å². The van der Waals surface area contributed by atoms with Gasteiger partial charge in [-0.15, -0.1) is 0 Å². The van der Waals surface area contributed by atoms with Gasteiger partial charge in [0.25, 0.3) is 0 Å². The van der Waals surface area contributed by atoms with Crippen LogP contribution in [0.5, 0.6) is 0 Å². The van der Waals surface area contributed by atoms with E-state index >= 15 is 0 Å². The average molecular weight is 299 g/mol. The van der Waals surface area contributed by atoms with Crippen molar-refractivity contribution < 1.29 is 13.2 Å². The lowest BCUT2D eigenvalue weighted by molar-refractivity contribution is -0.118. The molecule has 1 aromatic rings. The lowest BCUT2D eigenvalue weighted by Gasteiger charge is -2.21. The lowest BCUT2D eigenvalue weighted by atomic mass is 10.2. The fraction of sp³-hybridized carbons (Fsp3) is 0.462. The second kappa shape index (κ2) is 6.71. The zero-order valence-corrected chi connectivity index (χ0v) is 12.6. The molecule has 7 heteroatoms. The third-order valence-electron chi connectivity index (χ3n) is 2.97. The molecule has 0 saturated carbocycles. The van der Waals surface area contributed by atoms with Gasteiger partial charge in [0.15, 0.2) is 0 Å². The Morgan fingerprint density at radius 3 is 2.50 bits per heavy atom. The van der Waals surface area contributed by atoms with E-state index in [4.69, 9.17) is 11.5 Å². The number of sulfonamides is 1. The summed E-state index contributed by atoms with van der Waals surface area (Å²) in [5.74, 6) is -0.670. The molecule has 112 valence electrons. The Kier molecular flexibility index (Phi) is 5.52. The summed E-state index contributed by atoms with van der Waals surface area (Å²) in [5.41, 5.74) is 12.0. The SMILES string of the molecule is CCCCN(CC(N)=O)S(=O)(=O)c1ccc(N)c(C)c1. The Morgan fingerprint density at radius 2 is 2.00 bits per heavy atom. The number of benzene rings is 1. The third kappa shape index (κ3) is 3.94. The van der Waals surface area contributed by atoms with Gasteiger partial charge >= 0.3 is 0 Å². The second-order valence-corrected chi connectivity index (χ2v) is 6.61. The number of nitrogen functional groups attached to an aromatic ring is 1. The topological polar surface area (TPSA) is 106 Å². The van der Waals surface area contributed by atoms with Gasteiger partial charge in [-0.25, -0.2) is 8.42 Å². The molecule has 0 radical (unpaired) electrons. The first-order chi connectivity index (χ1) is 9.28. The maximum absolute atomic E-state index is 12.5. The Morgan fingerprint density at radius 1 is 1.35 bits per heavy atom. The number of rotatable bonds is 7. The minimum atomic E-state index is -3.73. The van der Waals surface area contributed by atoms with Crippen LogP contribution in [0.25, 0.3) is 0 Å². The highest BCUT2D eigenvalue weighted by Crippen LogP contribution is 2.20. The van der Waals surface area contributed by atoms with Crippen LogP contribution in [0.4, 0.5) is 5.69 Å². The molecule has 0 atom stereocenters. The van der Waals surface area contributed by atoms with E-state index in [1.54, 1.807) is 13.0 Å². The first-order valence-electron chi connectivity index (χ1n) is 6.43. The van der Waals surface area contributed by atoms with E-state index in [-0.39, 0.29) is 18.0 Å². The summed E-state index contributed by atoms with van der Waals surface area (Å²) in [5, 5.41) is 0. The number of carbonyl (C=O) groups excluding carboxylic acids is 1. The van der Waals surface area contributed by atoms with Crippen molar-refractivity contribution in [3.05, 3.63) is 23.8 Å². The number of hydrogen-bond acceptors (Lipinski definition) is 4. The smallest absolute Gasteiger partial charge is 0.243 e. The van der Waals surface area contributed by atoms with Crippen molar-refractivity contribution in [1.29, 1.82) is 0 Å². The van der Waals surface area contributed by atoms with Crippen molar-refractivity contribution in [2.45, 2.75) is 31.6 Å². The Hall–Kier alpha value is -1.60. The summed E-state index contributed by atoms with van der Waals surface area (Å²) < 4.78 is 26.1. The summed E-state index contributed by atoms with van der Waals surface area (Å²) in [7, 11) is -3.73. The zero-order valence-electron chi connectivity index (χ0n) is 11.8. The summed E-state index contributed by atoms with van der Waals surface area (Å²) in [4.78, 5) is 11.2. The Labute approximate surface area is 119 Å². The maximum atomic E-state index is 12.5. The van der Waals surface area contributed by atoms with Gasteiger partial charge in [0.1, 0.15) is 0 Å². The molecule has 0 saturated heterocycles. The lowest BCUT2D eigenvalue weighted by Crippen LogP contribution is -2.39. The van der Waals surface area contributed by atoms with Gasteiger partial charge in [-0.1, -0.05) is 13.3 Å². The van der Waals surface area contributed by atoms with Crippen LogP contribution in [0, 0.1) is 6.92 Å². The van der Waals surface area contributed by atoms with Crippen LogP contribution in [-0.2, 0) is 14.8 Å². The molecule has 0 aliphatic carbocycles. The quantitative estimate of drug-likeness (QED) is 0.728. The molecule has 1 aromatic carbocycles. The Bertz CT molecular complexity index is 585. The van der Waals surface area contributed by atoms with Gasteiger partial charge in [-0.05, 0) is 37.1 Å². The van der Waals surface area contributed by atoms with Gasteiger partial charge in [0.05, 0.1) is 11.4 Å². The largest absolute Gasteiger partial charge is 0.399 e. The first kappa shape index (κ1) is 16.5. The summed E-state index contributed by atoms with van der Waals surface area (Å²) in [6, 6.07) is 4.49. The number of hydrogen-bond donors (Lipinski definition) is 2. The van der Waals surface area contributed by atoms with Gasteiger partial charge in [-0.3, -0.25) is 4.79 Å². The second-order valence-electron chi connectivity index (χ2n) is 4.68. The number of aryl methyl sites for hydroxylation is 1. The molecule has 1 amide bonds. The van der Waals surface area contributed by atoms with E-state index in [0.29, 0.717) is 17.7 Å². The molecule has 6 nitrogen and oxygen atoms in total. The predicted molar refractivity (Wildman–Crippen MR) is 78.5 cm³/mol. The molecule has 0 fully saturated rings. The number of nitrogens with zero attached hydrogens (tertiary/aromatic N) is 1. The van der Waals surface area contributed by atoms with Crippen LogP contribution in [-0.4, -0.2) is 31.7 Å². The van der Waals surface area contributed by atoms with Crippen molar-refractivity contribution in [1.82, 2.24) is 4.31 Å². The van der Waals surface area contributed by atoms with Gasteiger partial charge in [0, 0.05) is 12.2 Å². The van der Waals surface area contributed by atoms with E-state index in [1.165, 1.54) is 12.1 Å². The van der Waals surface area contributed by atoms with E-state index < -0.39 is 15.9 Å². The van der Waals surface area contributed by atoms with Gasteiger partial charge in [0.2, 0.25) is 15.9 Å². The number of amides is 1. The zero-order chi connectivity index (χ0) is 15.3. The van der Waals surface area contributed by atoms with Crippen molar-refractivity contribution in [2.75, 3.05) is 18.8 Å². The van der Waals surface area contributed by atoms with Crippen molar-refractivity contribution in [3.63, 3.8) is 0 Å². The molecular formula is C13H21N3O3S. The summed E-state index contributed by atoms with van der Waals surface area (Å²) in [6.45, 7) is 3.64. The maximum Gasteiger partial charge on any atom is 0.243 e. The highest BCUT2D eigenvalue weighted by Gasteiger charge is 2.25. The summed E-state index contributed by atoms with van der Waals surface area (Å²) >= 11 is 0. The van der Waals surface area contributed by atoms with Crippen LogP contribution in [0.15, 0.2) is 23.1 Å². The molecule has 0 bridgehead atoms. The fourth-order valence-corrected chi connectivity index (χ4v) is 3.28. The third-order valence-corrected chi connectivity index (χ3v) is 4.81. The number of carbonyl (C=O) groups is 1. The Balaban J connectivity index is 3.13. The highest BCUT2D eigenvalue weighted by molar-refractivity contribution is 7.89. The van der Waals surface area contributed by atoms with Gasteiger partial charge in [-0.2, -0.15) is 4.31 Å². The van der Waals surface area contributed by atoms with Crippen LogP contribution >= 0.6 is 0 Å². The molecular weight excluding hydrogens is 278 g/mol. The predicted octanol–water partition coefficient (Wildman–Crippen LogP) is 0.853. The number of unbranched alkanes of at least 4 members (excludes halogenated alkanes) is 1. The van der Waals surface area contributed by atoms with Crippen molar-refractivity contribution in [2.24, 2.45) is 5.73 Å². The molecule has 0 aromatic heterocycles. The molecule has 4 N–H and O–H groups in total. The van der Waals surface area contributed by atoms with E-state index in [1.807, 2.05) is 6.92 Å². The van der Waals surface area contributed by atoms with Crippen LogP contribution < -0.4 is 11.5 Å². The molecule has 0 spiro atoms. The van der Waals surface area contributed by atoms with Crippen molar-refractivity contribution >= 4 is 21.6 Å². The number of anilines is 1. The highest BCUT2D eigenvalue weighted by atomic mass is 32.2. The standard InChI is InChI=1S/C13H21N3O3S/c1-3-4-7-16(9-13(15)17)20(18,19)11-5-6-12(14)10(2)8-11/h5-6,8H,3-4,7,9,14H2,1-2H3,(H2,15,17). The molecule has 0 heterocycles. The molecule has 0 aliphatic rings. The molecule has 0 aliphatic heterocycles. The fourth-order valence-electron chi connectivity index (χ4n) is 1.75. The van der Waals surface area contributed by atoms with E-state index in [9.17, 15) is 13.2 Å². The number of primary amides is 1. The monoisotopic (exact) mass is 299 g/mol.